The first-order valence-corrected chi connectivity index (χ1v) is 9.75. The topological polar surface area (TPSA) is 94.9 Å². The number of nitrogens with one attached hydrogen (secondary N) is 2. The van der Waals surface area contributed by atoms with E-state index in [2.05, 4.69) is 10.6 Å². The van der Waals surface area contributed by atoms with Crippen LogP contribution in [0.25, 0.3) is 0 Å². The maximum Gasteiger partial charge on any atom is 0.239 e. The summed E-state index contributed by atoms with van der Waals surface area (Å²) in [5.74, 6) is -0.0876. The van der Waals surface area contributed by atoms with Gasteiger partial charge in [0, 0.05) is 12.7 Å². The van der Waals surface area contributed by atoms with Crippen molar-refractivity contribution in [1.29, 1.82) is 0 Å². The zero-order valence-electron chi connectivity index (χ0n) is 18.2. The molecule has 1 heterocycles. The Bertz CT molecular complexity index is 870. The van der Waals surface area contributed by atoms with E-state index in [9.17, 15) is 14.4 Å². The Morgan fingerprint density at radius 2 is 1.63 bits per heavy atom. The number of carbonyl (C=O) groups is 3. The van der Waals surface area contributed by atoms with Crippen LogP contribution in [0, 0.1) is 20.8 Å². The summed E-state index contributed by atoms with van der Waals surface area (Å²) in [6.45, 7) is 6.22. The number of furan rings is 1. The lowest BCUT2D eigenvalue weighted by Crippen LogP contribution is -2.43. The lowest BCUT2D eigenvalue weighted by atomic mass is 10.1. The van der Waals surface area contributed by atoms with Gasteiger partial charge in [-0.1, -0.05) is 17.7 Å². The molecule has 1 aromatic heterocycles. The second kappa shape index (κ2) is 10.6. The number of anilines is 1. The summed E-state index contributed by atoms with van der Waals surface area (Å²) >= 11 is 0. The molecule has 0 unspecified atom stereocenters. The van der Waals surface area contributed by atoms with E-state index in [4.69, 9.17) is 4.42 Å². The summed E-state index contributed by atoms with van der Waals surface area (Å²) in [5, 5.41) is 5.62. The van der Waals surface area contributed by atoms with Gasteiger partial charge in [0.2, 0.25) is 17.7 Å². The highest BCUT2D eigenvalue weighted by molar-refractivity contribution is 5.94. The normalized spacial score (nSPS) is 10.7. The fourth-order valence-electron chi connectivity index (χ4n) is 3.17. The second-order valence-electron chi connectivity index (χ2n) is 7.60. The molecule has 0 bridgehead atoms. The molecule has 162 valence electrons. The molecule has 0 saturated carbocycles. The fraction of sp³-hybridized carbons (Fsp3) is 0.409. The van der Waals surface area contributed by atoms with Crippen LogP contribution in [-0.2, 0) is 20.9 Å². The molecule has 2 aromatic rings. The number of hydrogen-bond acceptors (Lipinski definition) is 5. The summed E-state index contributed by atoms with van der Waals surface area (Å²) < 4.78 is 5.15. The van der Waals surface area contributed by atoms with Crippen molar-refractivity contribution in [3.05, 3.63) is 53.0 Å². The molecule has 30 heavy (non-hydrogen) atoms. The summed E-state index contributed by atoms with van der Waals surface area (Å²) in [4.78, 5) is 39.7. The van der Waals surface area contributed by atoms with Crippen molar-refractivity contribution < 1.29 is 18.8 Å². The van der Waals surface area contributed by atoms with Crippen molar-refractivity contribution in [2.75, 3.05) is 39.0 Å². The van der Waals surface area contributed by atoms with E-state index in [1.54, 1.807) is 31.1 Å². The molecule has 0 aliphatic carbocycles. The van der Waals surface area contributed by atoms with Crippen LogP contribution in [0.5, 0.6) is 0 Å². The van der Waals surface area contributed by atoms with Crippen LogP contribution in [0.15, 0.2) is 34.9 Å². The molecule has 0 atom stereocenters. The molecule has 8 nitrogen and oxygen atoms in total. The Morgan fingerprint density at radius 3 is 2.23 bits per heavy atom. The first-order chi connectivity index (χ1) is 14.2. The van der Waals surface area contributed by atoms with Crippen LogP contribution < -0.4 is 10.6 Å². The van der Waals surface area contributed by atoms with Crippen molar-refractivity contribution in [2.24, 2.45) is 0 Å². The van der Waals surface area contributed by atoms with E-state index >= 15 is 0 Å². The second-order valence-corrected chi connectivity index (χ2v) is 7.60. The van der Waals surface area contributed by atoms with Gasteiger partial charge in [0.05, 0.1) is 32.4 Å². The number of amides is 3. The Labute approximate surface area is 177 Å². The lowest BCUT2D eigenvalue weighted by molar-refractivity contribution is -0.135. The standard InChI is InChI=1S/C22H30N4O4/c1-15-9-16(2)22(17(3)10-15)24-20(28)12-25(4)14-21(29)26(5)13-19(27)23-11-18-7-6-8-30-18/h6-10H,11-14H2,1-5H3,(H,23,27)(H,24,28). The fourth-order valence-corrected chi connectivity index (χ4v) is 3.17. The highest BCUT2D eigenvalue weighted by atomic mass is 16.3. The molecule has 0 fully saturated rings. The number of nitrogens with zero attached hydrogens (tertiary/aromatic N) is 2. The van der Waals surface area contributed by atoms with Crippen LogP contribution in [0.1, 0.15) is 22.5 Å². The molecular weight excluding hydrogens is 384 g/mol. The van der Waals surface area contributed by atoms with Crippen molar-refractivity contribution >= 4 is 23.4 Å². The van der Waals surface area contributed by atoms with Crippen LogP contribution in [0.2, 0.25) is 0 Å². The maximum atomic E-state index is 12.4. The number of hydrogen-bond donors (Lipinski definition) is 2. The molecule has 2 rings (SSSR count). The quantitative estimate of drug-likeness (QED) is 0.653. The van der Waals surface area contributed by atoms with Crippen molar-refractivity contribution in [2.45, 2.75) is 27.3 Å². The minimum atomic E-state index is -0.284. The molecule has 1 aromatic carbocycles. The van der Waals surface area contributed by atoms with Gasteiger partial charge in [0.1, 0.15) is 5.76 Å². The molecule has 0 saturated heterocycles. The third-order valence-corrected chi connectivity index (χ3v) is 4.61. The van der Waals surface area contributed by atoms with E-state index in [0.29, 0.717) is 5.76 Å². The highest BCUT2D eigenvalue weighted by Crippen LogP contribution is 2.21. The van der Waals surface area contributed by atoms with Crippen LogP contribution in [-0.4, -0.2) is 61.3 Å². The van der Waals surface area contributed by atoms with Gasteiger partial charge in [-0.05, 0) is 51.1 Å². The smallest absolute Gasteiger partial charge is 0.239 e. The van der Waals surface area contributed by atoms with Gasteiger partial charge in [0.15, 0.2) is 0 Å². The average molecular weight is 415 g/mol. The van der Waals surface area contributed by atoms with E-state index in [0.717, 1.165) is 22.4 Å². The van der Waals surface area contributed by atoms with E-state index < -0.39 is 0 Å². The van der Waals surface area contributed by atoms with Gasteiger partial charge in [0.25, 0.3) is 0 Å². The minimum absolute atomic E-state index is 0.0290. The van der Waals surface area contributed by atoms with Gasteiger partial charge in [-0.25, -0.2) is 0 Å². The minimum Gasteiger partial charge on any atom is -0.467 e. The SMILES string of the molecule is Cc1cc(C)c(NC(=O)CN(C)CC(=O)N(C)CC(=O)NCc2ccco2)c(C)c1. The third-order valence-electron chi connectivity index (χ3n) is 4.61. The highest BCUT2D eigenvalue weighted by Gasteiger charge is 2.17. The Balaban J connectivity index is 1.77. The molecule has 0 aliphatic rings. The first kappa shape index (κ1) is 23.2. The predicted octanol–water partition coefficient (Wildman–Crippen LogP) is 1.85. The number of aryl methyl sites for hydroxylation is 3. The monoisotopic (exact) mass is 414 g/mol. The molecule has 2 N–H and O–H groups in total. The largest absolute Gasteiger partial charge is 0.467 e. The van der Waals surface area contributed by atoms with Gasteiger partial charge >= 0.3 is 0 Å². The van der Waals surface area contributed by atoms with Crippen LogP contribution in [0.3, 0.4) is 0 Å². The van der Waals surface area contributed by atoms with E-state index in [1.807, 2.05) is 32.9 Å². The zero-order valence-corrected chi connectivity index (χ0v) is 18.2. The zero-order chi connectivity index (χ0) is 22.3. The van der Waals surface area contributed by atoms with Crippen molar-refractivity contribution in [1.82, 2.24) is 15.1 Å². The predicted molar refractivity (Wildman–Crippen MR) is 115 cm³/mol. The third kappa shape index (κ3) is 7.04. The molecule has 0 aliphatic heterocycles. The number of benzene rings is 1. The Kier molecular flexibility index (Phi) is 8.17. The number of carbonyl (C=O) groups excluding carboxylic acids is 3. The lowest BCUT2D eigenvalue weighted by Gasteiger charge is -2.21. The average Bonchev–Trinajstić information content (AvgIpc) is 3.16. The number of likely N-dealkylation sites (N-methyl/N-ethyl adjacent to an activating group) is 2. The van der Waals surface area contributed by atoms with Crippen molar-refractivity contribution in [3.8, 4) is 0 Å². The maximum absolute atomic E-state index is 12.4. The van der Waals surface area contributed by atoms with Gasteiger partial charge in [-0.15, -0.1) is 0 Å². The molecule has 3 amide bonds. The van der Waals surface area contributed by atoms with Gasteiger partial charge in [-0.2, -0.15) is 0 Å². The summed E-state index contributed by atoms with van der Waals surface area (Å²) in [6, 6.07) is 7.53. The first-order valence-electron chi connectivity index (χ1n) is 9.75. The molecular formula is C22H30N4O4. The molecule has 0 spiro atoms. The summed E-state index contributed by atoms with van der Waals surface area (Å²) in [7, 11) is 3.25. The number of rotatable bonds is 9. The van der Waals surface area contributed by atoms with Crippen molar-refractivity contribution in [3.63, 3.8) is 0 Å². The van der Waals surface area contributed by atoms with Gasteiger partial charge < -0.3 is 20.0 Å². The van der Waals surface area contributed by atoms with Gasteiger partial charge in [-0.3, -0.25) is 19.3 Å². The molecule has 8 heteroatoms. The van der Waals surface area contributed by atoms with E-state index in [1.165, 1.54) is 11.2 Å². The summed E-state index contributed by atoms with van der Waals surface area (Å²) in [5.41, 5.74) is 3.94. The Morgan fingerprint density at radius 1 is 0.967 bits per heavy atom. The molecule has 0 radical (unpaired) electrons. The summed E-state index contributed by atoms with van der Waals surface area (Å²) in [6.07, 6.45) is 1.53. The van der Waals surface area contributed by atoms with E-state index in [-0.39, 0.29) is 43.9 Å². The van der Waals surface area contributed by atoms with Crippen LogP contribution in [0.4, 0.5) is 5.69 Å². The van der Waals surface area contributed by atoms with Crippen LogP contribution >= 0.6 is 0 Å². The Hall–Kier alpha value is -3.13.